The summed E-state index contributed by atoms with van der Waals surface area (Å²) in [6, 6.07) is 22.5. The summed E-state index contributed by atoms with van der Waals surface area (Å²) in [6.45, 7) is 0.0190. The molecule has 25 heavy (non-hydrogen) atoms. The van der Waals surface area contributed by atoms with Gasteiger partial charge >= 0.3 is 6.95 Å². The van der Waals surface area contributed by atoms with Gasteiger partial charge in [0.1, 0.15) is 11.5 Å². The number of hydrogen-bond donors (Lipinski definition) is 0. The molecule has 5 heteroatoms. The average molecular weight is 373 g/mol. The standard InChI is InChI=1S/C20H18ClO3P/c1-15-12-16(2)14-18(13-15)23-25(21,22)24-20-11-7-6-10-19(20)17-8-4-3-5-9-17/h3-14H,1-2H3. The maximum atomic E-state index is 12.7. The highest BCUT2D eigenvalue weighted by molar-refractivity contribution is 7.82. The summed E-state index contributed by atoms with van der Waals surface area (Å²) in [5, 5.41) is 0. The summed E-state index contributed by atoms with van der Waals surface area (Å²) in [6.07, 6.45) is 0. The molecule has 0 fully saturated rings. The molecule has 0 aromatic heterocycles. The molecule has 0 spiro atoms. The first-order valence-electron chi connectivity index (χ1n) is 7.85. The molecule has 3 nitrogen and oxygen atoms in total. The van der Waals surface area contributed by atoms with E-state index in [0.717, 1.165) is 22.3 Å². The lowest BCUT2D eigenvalue weighted by atomic mass is 10.1. The molecule has 0 aliphatic rings. The van der Waals surface area contributed by atoms with Crippen molar-refractivity contribution < 1.29 is 13.6 Å². The Labute approximate surface area is 152 Å². The maximum Gasteiger partial charge on any atom is 0.530 e. The second kappa shape index (κ2) is 7.35. The third-order valence-corrected chi connectivity index (χ3v) is 4.85. The topological polar surface area (TPSA) is 35.5 Å². The third-order valence-electron chi connectivity index (χ3n) is 3.59. The maximum absolute atomic E-state index is 12.7. The average Bonchev–Trinajstić information content (AvgIpc) is 2.54. The van der Waals surface area contributed by atoms with E-state index in [-0.39, 0.29) is 0 Å². The van der Waals surface area contributed by atoms with Crippen molar-refractivity contribution in [3.05, 3.63) is 83.9 Å². The van der Waals surface area contributed by atoms with E-state index in [4.69, 9.17) is 20.3 Å². The lowest BCUT2D eigenvalue weighted by Crippen LogP contribution is -1.97. The molecule has 0 radical (unpaired) electrons. The summed E-state index contributed by atoms with van der Waals surface area (Å²) in [7, 11) is 0. The molecule has 0 aliphatic heterocycles. The van der Waals surface area contributed by atoms with Crippen molar-refractivity contribution >= 4 is 18.2 Å². The van der Waals surface area contributed by atoms with Gasteiger partial charge in [0.25, 0.3) is 0 Å². The van der Waals surface area contributed by atoms with Crippen LogP contribution in [0.5, 0.6) is 11.5 Å². The summed E-state index contributed by atoms with van der Waals surface area (Å²) in [5.41, 5.74) is 3.74. The van der Waals surface area contributed by atoms with Gasteiger partial charge in [-0.2, -0.15) is 0 Å². The fourth-order valence-electron chi connectivity index (χ4n) is 2.65. The molecular formula is C20H18ClO3P. The first kappa shape index (κ1) is 17.6. The van der Waals surface area contributed by atoms with Gasteiger partial charge in [-0.1, -0.05) is 54.6 Å². The van der Waals surface area contributed by atoms with Gasteiger partial charge in [-0.05, 0) is 48.7 Å². The van der Waals surface area contributed by atoms with Crippen LogP contribution in [0.4, 0.5) is 0 Å². The van der Waals surface area contributed by atoms with Gasteiger partial charge in [-0.25, -0.2) is 4.57 Å². The van der Waals surface area contributed by atoms with Crippen molar-refractivity contribution in [1.29, 1.82) is 0 Å². The Morgan fingerprint density at radius 2 is 1.40 bits per heavy atom. The third kappa shape index (κ3) is 4.66. The Bertz CT molecular complexity index is 905. The van der Waals surface area contributed by atoms with Gasteiger partial charge in [0.05, 0.1) is 0 Å². The van der Waals surface area contributed by atoms with Gasteiger partial charge in [0.2, 0.25) is 0 Å². The van der Waals surface area contributed by atoms with Crippen molar-refractivity contribution in [1.82, 2.24) is 0 Å². The van der Waals surface area contributed by atoms with E-state index in [1.807, 2.05) is 62.4 Å². The van der Waals surface area contributed by atoms with Crippen LogP contribution in [0.2, 0.25) is 0 Å². The highest BCUT2D eigenvalue weighted by atomic mass is 35.7. The fourth-order valence-corrected chi connectivity index (χ4v) is 3.90. The molecule has 3 rings (SSSR count). The summed E-state index contributed by atoms with van der Waals surface area (Å²) < 4.78 is 23.7. The first-order valence-corrected chi connectivity index (χ1v) is 10.3. The zero-order valence-corrected chi connectivity index (χ0v) is 15.6. The molecular weight excluding hydrogens is 355 g/mol. The van der Waals surface area contributed by atoms with Crippen molar-refractivity contribution in [2.24, 2.45) is 0 Å². The normalized spacial score (nSPS) is 13.1. The Morgan fingerprint density at radius 1 is 0.800 bits per heavy atom. The van der Waals surface area contributed by atoms with Crippen LogP contribution in [0.15, 0.2) is 72.8 Å². The van der Waals surface area contributed by atoms with Gasteiger partial charge in [0, 0.05) is 16.8 Å². The number of aryl methyl sites for hydroxylation is 2. The van der Waals surface area contributed by atoms with Crippen LogP contribution in [-0.4, -0.2) is 0 Å². The zero-order valence-electron chi connectivity index (χ0n) is 14.0. The van der Waals surface area contributed by atoms with Crippen molar-refractivity contribution in [2.75, 3.05) is 0 Å². The predicted molar refractivity (Wildman–Crippen MR) is 103 cm³/mol. The minimum Gasteiger partial charge on any atom is -0.405 e. The number of halogens is 1. The van der Waals surface area contributed by atoms with E-state index >= 15 is 0 Å². The lowest BCUT2D eigenvalue weighted by Gasteiger charge is -2.17. The largest absolute Gasteiger partial charge is 0.530 e. The van der Waals surface area contributed by atoms with Gasteiger partial charge in [0.15, 0.2) is 0 Å². The monoisotopic (exact) mass is 372 g/mol. The number of para-hydroxylation sites is 1. The highest BCUT2D eigenvalue weighted by Crippen LogP contribution is 2.54. The molecule has 1 unspecified atom stereocenters. The van der Waals surface area contributed by atoms with Crippen LogP contribution in [0.3, 0.4) is 0 Å². The van der Waals surface area contributed by atoms with Crippen molar-refractivity contribution in [3.8, 4) is 22.6 Å². The second-order valence-corrected chi connectivity index (χ2v) is 8.27. The lowest BCUT2D eigenvalue weighted by molar-refractivity contribution is 0.407. The minimum absolute atomic E-state index is 0.413. The molecule has 3 aromatic rings. The molecule has 0 saturated heterocycles. The summed E-state index contributed by atoms with van der Waals surface area (Å²) in [5.74, 6) is 0.837. The first-order chi connectivity index (χ1) is 11.9. The molecule has 0 N–H and O–H groups in total. The van der Waals surface area contributed by atoms with E-state index in [1.54, 1.807) is 24.3 Å². The number of benzene rings is 3. The van der Waals surface area contributed by atoms with Crippen molar-refractivity contribution in [2.45, 2.75) is 13.8 Å². The molecule has 0 aliphatic carbocycles. The Balaban J connectivity index is 1.87. The summed E-state index contributed by atoms with van der Waals surface area (Å²) in [4.78, 5) is 0. The molecule has 0 amide bonds. The molecule has 1 atom stereocenters. The van der Waals surface area contributed by atoms with Gasteiger partial charge in [-0.3, -0.25) is 0 Å². The zero-order chi connectivity index (χ0) is 17.9. The predicted octanol–water partition coefficient (Wildman–Crippen LogP) is 6.78. The highest BCUT2D eigenvalue weighted by Gasteiger charge is 2.26. The van der Waals surface area contributed by atoms with E-state index in [0.29, 0.717) is 11.5 Å². The van der Waals surface area contributed by atoms with Gasteiger partial charge in [-0.15, -0.1) is 0 Å². The smallest absolute Gasteiger partial charge is 0.405 e. The number of rotatable bonds is 5. The second-order valence-electron chi connectivity index (χ2n) is 5.80. The Hall–Kier alpha value is -2.22. The molecule has 128 valence electrons. The fraction of sp³-hybridized carbons (Fsp3) is 0.100. The van der Waals surface area contributed by atoms with E-state index in [2.05, 4.69) is 0 Å². The van der Waals surface area contributed by atoms with Crippen molar-refractivity contribution in [3.63, 3.8) is 0 Å². The van der Waals surface area contributed by atoms with E-state index in [1.165, 1.54) is 0 Å². The van der Waals surface area contributed by atoms with E-state index < -0.39 is 6.95 Å². The van der Waals surface area contributed by atoms with Crippen LogP contribution in [0.1, 0.15) is 11.1 Å². The summed E-state index contributed by atoms with van der Waals surface area (Å²) >= 11 is 6.08. The van der Waals surface area contributed by atoms with Crippen LogP contribution in [0, 0.1) is 13.8 Å². The van der Waals surface area contributed by atoms with Crippen LogP contribution in [0.25, 0.3) is 11.1 Å². The quantitative estimate of drug-likeness (QED) is 0.463. The molecule has 0 saturated carbocycles. The minimum atomic E-state index is -3.85. The SMILES string of the molecule is Cc1cc(C)cc(OP(=O)(Cl)Oc2ccccc2-c2ccccc2)c1. The molecule has 0 bridgehead atoms. The van der Waals surface area contributed by atoms with Crippen LogP contribution >= 0.6 is 18.2 Å². The van der Waals surface area contributed by atoms with Gasteiger partial charge < -0.3 is 9.05 Å². The Morgan fingerprint density at radius 3 is 2.08 bits per heavy atom. The molecule has 0 heterocycles. The van der Waals surface area contributed by atoms with Crippen LogP contribution < -0.4 is 9.05 Å². The number of hydrogen-bond acceptors (Lipinski definition) is 3. The molecule has 3 aromatic carbocycles. The van der Waals surface area contributed by atoms with Crippen LogP contribution in [-0.2, 0) is 4.57 Å². The van der Waals surface area contributed by atoms with E-state index in [9.17, 15) is 4.57 Å². The Kier molecular flexibility index (Phi) is 5.17.